The standard InChI is InChI=1S/C23H25N5O3S/c1-14-10-11-18(31-5)17(12-14)27-20(30)15-8-6-7-9-16(15)28-21(27)25-26-22(28)32-13-19(29)24-23(2,3)4/h6-12H,13H2,1-5H3,(H,24,29). The fourth-order valence-corrected chi connectivity index (χ4v) is 4.29. The highest BCUT2D eigenvalue weighted by atomic mass is 32.2. The van der Waals surface area contributed by atoms with Crippen LogP contribution in [0.2, 0.25) is 0 Å². The highest BCUT2D eigenvalue weighted by molar-refractivity contribution is 7.99. The van der Waals surface area contributed by atoms with Crippen LogP contribution < -0.4 is 15.6 Å². The number of carbonyl (C=O) groups excluding carboxylic acids is 1. The second kappa shape index (κ2) is 8.31. The van der Waals surface area contributed by atoms with E-state index in [0.29, 0.717) is 33.3 Å². The van der Waals surface area contributed by atoms with Crippen LogP contribution in [-0.2, 0) is 4.79 Å². The first-order valence-electron chi connectivity index (χ1n) is 10.2. The van der Waals surface area contributed by atoms with E-state index in [2.05, 4.69) is 15.5 Å². The monoisotopic (exact) mass is 451 g/mol. The lowest BCUT2D eigenvalue weighted by atomic mass is 10.1. The number of ether oxygens (including phenoxy) is 1. The van der Waals surface area contributed by atoms with Gasteiger partial charge < -0.3 is 10.1 Å². The summed E-state index contributed by atoms with van der Waals surface area (Å²) in [5.74, 6) is 0.990. The minimum Gasteiger partial charge on any atom is -0.495 e. The summed E-state index contributed by atoms with van der Waals surface area (Å²) in [4.78, 5) is 25.9. The molecular formula is C23H25N5O3S. The number of para-hydroxylation sites is 1. The summed E-state index contributed by atoms with van der Waals surface area (Å²) in [7, 11) is 1.57. The Labute approximate surface area is 189 Å². The average Bonchev–Trinajstić information content (AvgIpc) is 3.15. The molecule has 32 heavy (non-hydrogen) atoms. The van der Waals surface area contributed by atoms with Gasteiger partial charge in [-0.1, -0.05) is 30.0 Å². The Morgan fingerprint density at radius 2 is 1.91 bits per heavy atom. The number of aryl methyl sites for hydroxylation is 1. The summed E-state index contributed by atoms with van der Waals surface area (Å²) in [5, 5.41) is 12.6. The second-order valence-electron chi connectivity index (χ2n) is 8.54. The Kier molecular flexibility index (Phi) is 5.68. The molecular weight excluding hydrogens is 426 g/mol. The van der Waals surface area contributed by atoms with Crippen molar-refractivity contribution in [3.8, 4) is 11.4 Å². The number of carbonyl (C=O) groups is 1. The predicted molar refractivity (Wildman–Crippen MR) is 126 cm³/mol. The van der Waals surface area contributed by atoms with Crippen molar-refractivity contribution < 1.29 is 9.53 Å². The van der Waals surface area contributed by atoms with Crippen LogP contribution in [0.25, 0.3) is 22.4 Å². The average molecular weight is 452 g/mol. The van der Waals surface area contributed by atoms with Crippen LogP contribution in [0.15, 0.2) is 52.4 Å². The largest absolute Gasteiger partial charge is 0.495 e. The first-order valence-corrected chi connectivity index (χ1v) is 11.2. The summed E-state index contributed by atoms with van der Waals surface area (Å²) in [5.41, 5.74) is 1.71. The van der Waals surface area contributed by atoms with E-state index in [-0.39, 0.29) is 22.8 Å². The molecule has 0 saturated heterocycles. The number of aromatic nitrogens is 4. The van der Waals surface area contributed by atoms with E-state index in [4.69, 9.17) is 4.74 Å². The number of fused-ring (bicyclic) bond motifs is 3. The molecule has 0 aliphatic carbocycles. The van der Waals surface area contributed by atoms with E-state index in [0.717, 1.165) is 5.56 Å². The third-order valence-electron chi connectivity index (χ3n) is 4.82. The molecule has 0 fully saturated rings. The van der Waals surface area contributed by atoms with E-state index in [1.807, 2.05) is 68.5 Å². The number of methoxy groups -OCH3 is 1. The molecule has 1 N–H and O–H groups in total. The fraction of sp³-hybridized carbons (Fsp3) is 0.304. The number of amides is 1. The van der Waals surface area contributed by atoms with Gasteiger partial charge in [-0.25, -0.2) is 4.57 Å². The van der Waals surface area contributed by atoms with E-state index in [9.17, 15) is 9.59 Å². The van der Waals surface area contributed by atoms with Gasteiger partial charge in [-0.2, -0.15) is 0 Å². The molecule has 166 valence electrons. The zero-order valence-electron chi connectivity index (χ0n) is 18.7. The topological polar surface area (TPSA) is 90.5 Å². The predicted octanol–water partition coefficient (Wildman–Crippen LogP) is 3.36. The molecule has 2 heterocycles. The number of hydrogen-bond acceptors (Lipinski definition) is 6. The van der Waals surface area contributed by atoms with Crippen LogP contribution in [0.3, 0.4) is 0 Å². The van der Waals surface area contributed by atoms with Crippen molar-refractivity contribution in [1.29, 1.82) is 0 Å². The van der Waals surface area contributed by atoms with Crippen LogP contribution in [0.4, 0.5) is 0 Å². The van der Waals surface area contributed by atoms with Gasteiger partial charge in [0.25, 0.3) is 5.56 Å². The number of benzene rings is 2. The first-order chi connectivity index (χ1) is 15.2. The SMILES string of the molecule is COc1ccc(C)cc1-n1c(=O)c2ccccc2n2c(SCC(=O)NC(C)(C)C)nnc12. The van der Waals surface area contributed by atoms with Crippen LogP contribution in [-0.4, -0.2) is 43.5 Å². The van der Waals surface area contributed by atoms with E-state index in [1.54, 1.807) is 13.2 Å². The molecule has 2 aromatic carbocycles. The molecule has 0 aliphatic heterocycles. The van der Waals surface area contributed by atoms with Gasteiger partial charge >= 0.3 is 0 Å². The van der Waals surface area contributed by atoms with Gasteiger partial charge in [-0.3, -0.25) is 14.0 Å². The molecule has 1 amide bonds. The van der Waals surface area contributed by atoms with Crippen molar-refractivity contribution in [2.45, 2.75) is 38.4 Å². The minimum absolute atomic E-state index is 0.0998. The first kappa shape index (κ1) is 21.9. The van der Waals surface area contributed by atoms with Gasteiger partial charge in [0.15, 0.2) is 5.16 Å². The molecule has 4 aromatic rings. The highest BCUT2D eigenvalue weighted by Crippen LogP contribution is 2.27. The van der Waals surface area contributed by atoms with Crippen LogP contribution >= 0.6 is 11.8 Å². The normalized spacial score (nSPS) is 11.8. The third kappa shape index (κ3) is 4.08. The minimum atomic E-state index is -0.320. The molecule has 0 bridgehead atoms. The molecule has 0 unspecified atom stereocenters. The lowest BCUT2D eigenvalue weighted by Crippen LogP contribution is -2.41. The number of hydrogen-bond donors (Lipinski definition) is 1. The summed E-state index contributed by atoms with van der Waals surface area (Å²) in [6.07, 6.45) is 0. The molecule has 2 aromatic heterocycles. The number of nitrogens with zero attached hydrogens (tertiary/aromatic N) is 4. The van der Waals surface area contributed by atoms with Crippen molar-refractivity contribution in [3.63, 3.8) is 0 Å². The van der Waals surface area contributed by atoms with Crippen molar-refractivity contribution in [3.05, 3.63) is 58.4 Å². The van der Waals surface area contributed by atoms with Gasteiger partial charge in [0.2, 0.25) is 11.7 Å². The van der Waals surface area contributed by atoms with Crippen molar-refractivity contribution in [2.75, 3.05) is 12.9 Å². The molecule has 0 saturated carbocycles. The number of nitrogens with one attached hydrogen (secondary N) is 1. The Bertz CT molecular complexity index is 1380. The molecule has 0 aliphatic rings. The molecule has 0 spiro atoms. The van der Waals surface area contributed by atoms with E-state index < -0.39 is 0 Å². The lowest BCUT2D eigenvalue weighted by Gasteiger charge is -2.20. The smallest absolute Gasteiger partial charge is 0.267 e. The Morgan fingerprint density at radius 1 is 1.16 bits per heavy atom. The molecule has 4 rings (SSSR count). The zero-order chi connectivity index (χ0) is 23.0. The third-order valence-corrected chi connectivity index (χ3v) is 5.75. The van der Waals surface area contributed by atoms with E-state index >= 15 is 0 Å². The fourth-order valence-electron chi connectivity index (χ4n) is 3.55. The van der Waals surface area contributed by atoms with Crippen LogP contribution in [0.1, 0.15) is 26.3 Å². The zero-order valence-corrected chi connectivity index (χ0v) is 19.5. The second-order valence-corrected chi connectivity index (χ2v) is 9.48. The molecule has 8 nitrogen and oxygen atoms in total. The van der Waals surface area contributed by atoms with Gasteiger partial charge in [0.1, 0.15) is 5.75 Å². The van der Waals surface area contributed by atoms with Crippen LogP contribution in [0, 0.1) is 6.92 Å². The van der Waals surface area contributed by atoms with Crippen LogP contribution in [0.5, 0.6) is 5.75 Å². The van der Waals surface area contributed by atoms with Gasteiger partial charge in [-0.05, 0) is 57.5 Å². The molecule has 0 atom stereocenters. The summed E-state index contributed by atoms with van der Waals surface area (Å²) >= 11 is 1.27. The van der Waals surface area contributed by atoms with Gasteiger partial charge in [0, 0.05) is 5.54 Å². The lowest BCUT2D eigenvalue weighted by molar-refractivity contribution is -0.119. The van der Waals surface area contributed by atoms with Crippen molar-refractivity contribution in [2.24, 2.45) is 0 Å². The summed E-state index contributed by atoms with van der Waals surface area (Å²) < 4.78 is 8.85. The molecule has 0 radical (unpaired) electrons. The summed E-state index contributed by atoms with van der Waals surface area (Å²) in [6.45, 7) is 7.75. The summed E-state index contributed by atoms with van der Waals surface area (Å²) in [6, 6.07) is 12.9. The maximum Gasteiger partial charge on any atom is 0.267 e. The Hall–Kier alpha value is -3.33. The van der Waals surface area contributed by atoms with Gasteiger partial charge in [-0.15, -0.1) is 10.2 Å². The maximum atomic E-state index is 13.5. The Balaban J connectivity index is 1.92. The van der Waals surface area contributed by atoms with Crippen molar-refractivity contribution in [1.82, 2.24) is 24.5 Å². The Morgan fingerprint density at radius 3 is 2.62 bits per heavy atom. The van der Waals surface area contributed by atoms with Gasteiger partial charge in [0.05, 0.1) is 29.5 Å². The quantitative estimate of drug-likeness (QED) is 0.468. The highest BCUT2D eigenvalue weighted by Gasteiger charge is 2.21. The number of rotatable bonds is 5. The van der Waals surface area contributed by atoms with Crippen molar-refractivity contribution >= 4 is 34.3 Å². The number of thioether (sulfide) groups is 1. The van der Waals surface area contributed by atoms with E-state index in [1.165, 1.54) is 16.3 Å². The molecule has 9 heteroatoms. The maximum absolute atomic E-state index is 13.5.